The van der Waals surface area contributed by atoms with Crippen molar-refractivity contribution in [2.75, 3.05) is 31.6 Å². The van der Waals surface area contributed by atoms with Crippen LogP contribution in [0.3, 0.4) is 0 Å². The van der Waals surface area contributed by atoms with Gasteiger partial charge in [0, 0.05) is 54.8 Å². The molecule has 0 aliphatic carbocycles. The summed E-state index contributed by atoms with van der Waals surface area (Å²) in [4.78, 5) is 11.2. The van der Waals surface area contributed by atoms with Crippen molar-refractivity contribution >= 4 is 22.4 Å². The molecule has 0 aliphatic heterocycles. The lowest BCUT2D eigenvalue weighted by Gasteiger charge is -2.26. The molecule has 0 radical (unpaired) electrons. The van der Waals surface area contributed by atoms with Crippen LogP contribution in [-0.2, 0) is 0 Å². The summed E-state index contributed by atoms with van der Waals surface area (Å²) in [6, 6.07) is 10.7. The fourth-order valence-corrected chi connectivity index (χ4v) is 3.62. The molecule has 0 aliphatic rings. The summed E-state index contributed by atoms with van der Waals surface area (Å²) < 4.78 is 31.5. The maximum atomic E-state index is 13.1. The standard InChI is InChI=1S/C24H26F2N6O2/c1-24(25,26)15-27-6-3-7-32(18-8-19(33)11-20(9-18)34-2)17-4-5-21-22(10-17)31-23(14-28-21)16-12-29-30-13-16/h4-5,8-14,27,33H,3,6-7,15H2,1-2H3,(H,29,30). The first kappa shape index (κ1) is 23.4. The van der Waals surface area contributed by atoms with Gasteiger partial charge in [-0.15, -0.1) is 0 Å². The Morgan fingerprint density at radius 2 is 1.97 bits per heavy atom. The van der Waals surface area contributed by atoms with Crippen molar-refractivity contribution in [3.63, 3.8) is 0 Å². The summed E-state index contributed by atoms with van der Waals surface area (Å²) in [5.41, 5.74) is 4.46. The number of benzene rings is 2. The predicted molar refractivity (Wildman–Crippen MR) is 127 cm³/mol. The number of hydrogen-bond donors (Lipinski definition) is 3. The second-order valence-electron chi connectivity index (χ2n) is 8.06. The summed E-state index contributed by atoms with van der Waals surface area (Å²) in [5, 5.41) is 19.7. The number of nitrogens with one attached hydrogen (secondary N) is 2. The van der Waals surface area contributed by atoms with Gasteiger partial charge in [-0.05, 0) is 31.2 Å². The Kier molecular flexibility index (Phi) is 6.87. The van der Waals surface area contributed by atoms with E-state index in [4.69, 9.17) is 9.72 Å². The van der Waals surface area contributed by atoms with Crippen LogP contribution >= 0.6 is 0 Å². The summed E-state index contributed by atoms with van der Waals surface area (Å²) in [5.74, 6) is -2.19. The van der Waals surface area contributed by atoms with Crippen molar-refractivity contribution in [3.05, 3.63) is 55.0 Å². The predicted octanol–water partition coefficient (Wildman–Crippen LogP) is 4.51. The average Bonchev–Trinajstić information content (AvgIpc) is 3.34. The van der Waals surface area contributed by atoms with Crippen molar-refractivity contribution in [3.8, 4) is 22.8 Å². The van der Waals surface area contributed by atoms with Gasteiger partial charge in [-0.1, -0.05) is 0 Å². The highest BCUT2D eigenvalue weighted by atomic mass is 19.3. The van der Waals surface area contributed by atoms with Gasteiger partial charge in [-0.2, -0.15) is 5.10 Å². The van der Waals surface area contributed by atoms with Crippen molar-refractivity contribution in [2.24, 2.45) is 0 Å². The molecule has 2 aromatic heterocycles. The highest BCUT2D eigenvalue weighted by Crippen LogP contribution is 2.33. The monoisotopic (exact) mass is 468 g/mol. The topological polar surface area (TPSA) is 99.2 Å². The lowest BCUT2D eigenvalue weighted by Crippen LogP contribution is -2.32. The maximum Gasteiger partial charge on any atom is 0.257 e. The number of nitrogens with zero attached hydrogens (tertiary/aromatic N) is 4. The molecule has 4 rings (SSSR count). The highest BCUT2D eigenvalue weighted by Gasteiger charge is 2.20. The highest BCUT2D eigenvalue weighted by molar-refractivity contribution is 5.82. The molecular formula is C24H26F2N6O2. The molecule has 0 bridgehead atoms. The molecule has 0 saturated carbocycles. The van der Waals surface area contributed by atoms with E-state index in [2.05, 4.69) is 20.5 Å². The zero-order valence-electron chi connectivity index (χ0n) is 18.9. The van der Waals surface area contributed by atoms with Crippen LogP contribution in [0.2, 0.25) is 0 Å². The lowest BCUT2D eigenvalue weighted by molar-refractivity contribution is 0.0229. The van der Waals surface area contributed by atoms with E-state index in [9.17, 15) is 13.9 Å². The van der Waals surface area contributed by atoms with Crippen LogP contribution in [-0.4, -0.2) is 57.9 Å². The largest absolute Gasteiger partial charge is 0.508 e. The number of H-pyrrole nitrogens is 1. The van der Waals surface area contributed by atoms with Gasteiger partial charge in [0.2, 0.25) is 0 Å². The Morgan fingerprint density at radius 3 is 2.71 bits per heavy atom. The summed E-state index contributed by atoms with van der Waals surface area (Å²) in [6.45, 7) is 1.43. The van der Waals surface area contributed by atoms with Crippen molar-refractivity contribution in [1.82, 2.24) is 25.5 Å². The Hall–Kier alpha value is -3.79. The Morgan fingerprint density at radius 1 is 1.12 bits per heavy atom. The lowest BCUT2D eigenvalue weighted by atomic mass is 10.1. The van der Waals surface area contributed by atoms with Crippen LogP contribution in [0, 0.1) is 0 Å². The van der Waals surface area contributed by atoms with E-state index in [1.165, 1.54) is 13.2 Å². The molecular weight excluding hydrogens is 442 g/mol. The molecule has 0 saturated heterocycles. The average molecular weight is 469 g/mol. The van der Waals surface area contributed by atoms with Gasteiger partial charge < -0.3 is 20.1 Å². The van der Waals surface area contributed by atoms with Crippen molar-refractivity contribution in [1.29, 1.82) is 0 Å². The number of hydrogen-bond acceptors (Lipinski definition) is 7. The van der Waals surface area contributed by atoms with Crippen LogP contribution in [0.15, 0.2) is 55.0 Å². The minimum Gasteiger partial charge on any atom is -0.508 e. The van der Waals surface area contributed by atoms with Crippen LogP contribution < -0.4 is 15.0 Å². The van der Waals surface area contributed by atoms with Crippen LogP contribution in [0.4, 0.5) is 20.2 Å². The van der Waals surface area contributed by atoms with Gasteiger partial charge in [-0.3, -0.25) is 10.1 Å². The Bertz CT molecular complexity index is 1240. The van der Waals surface area contributed by atoms with Gasteiger partial charge in [-0.25, -0.2) is 13.8 Å². The molecule has 0 unspecified atom stereocenters. The smallest absolute Gasteiger partial charge is 0.257 e. The number of rotatable bonds is 10. The number of alkyl halides is 2. The zero-order chi connectivity index (χ0) is 24.1. The first-order valence-corrected chi connectivity index (χ1v) is 10.8. The van der Waals surface area contributed by atoms with E-state index in [0.717, 1.165) is 23.7 Å². The summed E-state index contributed by atoms with van der Waals surface area (Å²) >= 11 is 0. The number of methoxy groups -OCH3 is 1. The van der Waals surface area contributed by atoms with E-state index in [1.807, 2.05) is 29.2 Å². The third-order valence-corrected chi connectivity index (χ3v) is 5.23. The van der Waals surface area contributed by atoms with Crippen LogP contribution in [0.1, 0.15) is 13.3 Å². The third-order valence-electron chi connectivity index (χ3n) is 5.23. The van der Waals surface area contributed by atoms with Crippen LogP contribution in [0.25, 0.3) is 22.3 Å². The summed E-state index contributed by atoms with van der Waals surface area (Å²) in [7, 11) is 1.53. The number of aromatic hydroxyl groups is 1. The van der Waals surface area contributed by atoms with Gasteiger partial charge in [0.1, 0.15) is 11.5 Å². The number of phenols is 1. The van der Waals surface area contributed by atoms with E-state index < -0.39 is 5.92 Å². The van der Waals surface area contributed by atoms with Gasteiger partial charge in [0.15, 0.2) is 0 Å². The Labute approximate surface area is 195 Å². The third kappa shape index (κ3) is 5.76. The minimum absolute atomic E-state index is 0.0610. The van der Waals surface area contributed by atoms with Gasteiger partial charge >= 0.3 is 0 Å². The number of aromatic nitrogens is 4. The van der Waals surface area contributed by atoms with Crippen molar-refractivity contribution < 1.29 is 18.6 Å². The molecule has 2 aromatic carbocycles. The fraction of sp³-hybridized carbons (Fsp3) is 0.292. The van der Waals surface area contributed by atoms with Gasteiger partial charge in [0.05, 0.1) is 42.8 Å². The number of halogens is 2. The molecule has 0 atom stereocenters. The number of ether oxygens (including phenoxy) is 1. The molecule has 4 aromatic rings. The number of aromatic amines is 1. The maximum absolute atomic E-state index is 13.1. The molecule has 10 heteroatoms. The quantitative estimate of drug-likeness (QED) is 0.295. The molecule has 34 heavy (non-hydrogen) atoms. The SMILES string of the molecule is COc1cc(O)cc(N(CCCNCC(C)(F)F)c2ccc3ncc(-c4cn[nH]c4)nc3c2)c1. The molecule has 8 nitrogen and oxygen atoms in total. The normalized spacial score (nSPS) is 11.6. The van der Waals surface area contributed by atoms with E-state index >= 15 is 0 Å². The minimum atomic E-state index is -2.76. The van der Waals surface area contributed by atoms with E-state index in [1.54, 1.807) is 24.7 Å². The number of fused-ring (bicyclic) bond motifs is 1. The second-order valence-corrected chi connectivity index (χ2v) is 8.06. The van der Waals surface area contributed by atoms with Gasteiger partial charge in [0.25, 0.3) is 5.92 Å². The molecule has 0 amide bonds. The van der Waals surface area contributed by atoms with Crippen molar-refractivity contribution in [2.45, 2.75) is 19.3 Å². The first-order chi connectivity index (χ1) is 16.3. The fourth-order valence-electron chi connectivity index (χ4n) is 3.62. The van der Waals surface area contributed by atoms with E-state index in [0.29, 0.717) is 42.2 Å². The molecule has 2 heterocycles. The molecule has 3 N–H and O–H groups in total. The van der Waals surface area contributed by atoms with Crippen LogP contribution in [0.5, 0.6) is 11.5 Å². The first-order valence-electron chi connectivity index (χ1n) is 10.8. The second kappa shape index (κ2) is 10.0. The number of phenolic OH excluding ortho intramolecular Hbond substituents is 1. The summed E-state index contributed by atoms with van der Waals surface area (Å²) in [6.07, 6.45) is 5.71. The Balaban J connectivity index is 1.65. The number of anilines is 2. The van der Waals surface area contributed by atoms with E-state index in [-0.39, 0.29) is 12.3 Å². The molecule has 0 spiro atoms. The molecule has 178 valence electrons. The zero-order valence-corrected chi connectivity index (χ0v) is 18.9. The molecule has 0 fully saturated rings.